The average molecular weight is 347 g/mol. The van der Waals surface area contributed by atoms with Crippen LogP contribution in [0.25, 0.3) is 0 Å². The van der Waals surface area contributed by atoms with Gasteiger partial charge in [0.05, 0.1) is 18.4 Å². The van der Waals surface area contributed by atoms with Crippen molar-refractivity contribution in [3.8, 4) is 11.8 Å². The van der Waals surface area contributed by atoms with Gasteiger partial charge in [0.15, 0.2) is 6.61 Å². The lowest BCUT2D eigenvalue weighted by atomic mass is 10.2. The van der Waals surface area contributed by atoms with Crippen LogP contribution in [-0.2, 0) is 17.9 Å². The lowest BCUT2D eigenvalue weighted by molar-refractivity contribution is -0.134. The number of aromatic nitrogens is 1. The Morgan fingerprint density at radius 2 is 2.04 bits per heavy atom. The van der Waals surface area contributed by atoms with Crippen molar-refractivity contribution in [2.24, 2.45) is 0 Å². The quantitative estimate of drug-likeness (QED) is 0.656. The average Bonchev–Trinajstić information content (AvgIpc) is 3.20. The first-order valence-corrected chi connectivity index (χ1v) is 8.07. The molecule has 3 aromatic rings. The van der Waals surface area contributed by atoms with Crippen LogP contribution in [-0.4, -0.2) is 22.4 Å². The number of carbonyl (C=O) groups excluding carboxylic acids is 1. The summed E-state index contributed by atoms with van der Waals surface area (Å²) in [6, 6.07) is 16.2. The van der Waals surface area contributed by atoms with Crippen LogP contribution in [0, 0.1) is 11.3 Å². The normalized spacial score (nSPS) is 10.1. The predicted molar refractivity (Wildman–Crippen MR) is 93.9 cm³/mol. The van der Waals surface area contributed by atoms with Crippen molar-refractivity contribution >= 4 is 5.91 Å². The fourth-order valence-corrected chi connectivity index (χ4v) is 2.45. The van der Waals surface area contributed by atoms with Crippen molar-refractivity contribution < 1.29 is 13.9 Å². The lowest BCUT2D eigenvalue weighted by Crippen LogP contribution is -2.34. The highest BCUT2D eigenvalue weighted by atomic mass is 16.5. The first-order valence-electron chi connectivity index (χ1n) is 8.07. The standard InChI is InChI=1S/C20H17N3O3/c21-11-17-6-1-2-8-19(17)26-15-20(24)23(14-18-7-4-10-25-18)13-16-5-3-9-22-12-16/h1-10,12H,13-15H2. The van der Waals surface area contributed by atoms with Crippen molar-refractivity contribution in [1.82, 2.24) is 9.88 Å². The highest BCUT2D eigenvalue weighted by molar-refractivity contribution is 5.77. The molecule has 0 saturated heterocycles. The Morgan fingerprint density at radius 1 is 1.15 bits per heavy atom. The van der Waals surface area contributed by atoms with E-state index in [0.717, 1.165) is 5.56 Å². The van der Waals surface area contributed by atoms with E-state index >= 15 is 0 Å². The Labute approximate surface area is 151 Å². The van der Waals surface area contributed by atoms with Gasteiger partial charge in [0.1, 0.15) is 17.6 Å². The minimum absolute atomic E-state index is 0.167. The smallest absolute Gasteiger partial charge is 0.261 e. The molecule has 2 aromatic heterocycles. The monoisotopic (exact) mass is 347 g/mol. The molecular weight excluding hydrogens is 330 g/mol. The van der Waals surface area contributed by atoms with Gasteiger partial charge in [-0.3, -0.25) is 9.78 Å². The predicted octanol–water partition coefficient (Wildman–Crippen LogP) is 3.15. The summed E-state index contributed by atoms with van der Waals surface area (Å²) in [7, 11) is 0. The summed E-state index contributed by atoms with van der Waals surface area (Å²) in [6.07, 6.45) is 4.97. The van der Waals surface area contributed by atoms with Crippen molar-refractivity contribution in [1.29, 1.82) is 5.26 Å². The van der Waals surface area contributed by atoms with E-state index in [4.69, 9.17) is 14.4 Å². The molecule has 3 rings (SSSR count). The van der Waals surface area contributed by atoms with Gasteiger partial charge in [0.2, 0.25) is 0 Å². The first kappa shape index (κ1) is 17.2. The maximum Gasteiger partial charge on any atom is 0.261 e. The van der Waals surface area contributed by atoms with Crippen LogP contribution >= 0.6 is 0 Å². The Hall–Kier alpha value is -3.59. The van der Waals surface area contributed by atoms with E-state index in [0.29, 0.717) is 30.2 Å². The first-order chi connectivity index (χ1) is 12.8. The fourth-order valence-electron chi connectivity index (χ4n) is 2.45. The SMILES string of the molecule is N#Cc1ccccc1OCC(=O)N(Cc1cccnc1)Cc1ccco1. The number of benzene rings is 1. The second kappa shape index (κ2) is 8.49. The number of para-hydroxylation sites is 1. The lowest BCUT2D eigenvalue weighted by Gasteiger charge is -2.22. The van der Waals surface area contributed by atoms with E-state index in [-0.39, 0.29) is 12.5 Å². The number of hydrogen-bond acceptors (Lipinski definition) is 5. The molecule has 0 unspecified atom stereocenters. The maximum absolute atomic E-state index is 12.7. The van der Waals surface area contributed by atoms with Crippen LogP contribution in [0.3, 0.4) is 0 Å². The highest BCUT2D eigenvalue weighted by Crippen LogP contribution is 2.17. The molecule has 0 aliphatic carbocycles. The summed E-state index contributed by atoms with van der Waals surface area (Å²) in [5.41, 5.74) is 1.30. The molecule has 6 nitrogen and oxygen atoms in total. The van der Waals surface area contributed by atoms with Gasteiger partial charge in [0.25, 0.3) is 5.91 Å². The number of nitrogens with zero attached hydrogens (tertiary/aromatic N) is 3. The van der Waals surface area contributed by atoms with E-state index in [9.17, 15) is 4.79 Å². The summed E-state index contributed by atoms with van der Waals surface area (Å²) in [5.74, 6) is 0.861. The van der Waals surface area contributed by atoms with Gasteiger partial charge in [-0.2, -0.15) is 5.26 Å². The summed E-state index contributed by atoms with van der Waals surface area (Å²) in [6.45, 7) is 0.542. The number of pyridine rings is 1. The van der Waals surface area contributed by atoms with Crippen LogP contribution < -0.4 is 4.74 Å². The third-order valence-electron chi connectivity index (χ3n) is 3.73. The van der Waals surface area contributed by atoms with Gasteiger partial charge < -0.3 is 14.1 Å². The molecule has 0 aliphatic rings. The second-order valence-electron chi connectivity index (χ2n) is 5.59. The molecule has 0 radical (unpaired) electrons. The molecule has 1 aromatic carbocycles. The fraction of sp³-hybridized carbons (Fsp3) is 0.150. The van der Waals surface area contributed by atoms with Crippen LogP contribution in [0.2, 0.25) is 0 Å². The van der Waals surface area contributed by atoms with Gasteiger partial charge in [-0.25, -0.2) is 0 Å². The number of rotatable bonds is 7. The Morgan fingerprint density at radius 3 is 2.77 bits per heavy atom. The molecule has 0 aliphatic heterocycles. The zero-order chi connectivity index (χ0) is 18.2. The molecule has 26 heavy (non-hydrogen) atoms. The third-order valence-corrected chi connectivity index (χ3v) is 3.73. The summed E-state index contributed by atoms with van der Waals surface area (Å²) in [5, 5.41) is 9.11. The summed E-state index contributed by atoms with van der Waals surface area (Å²) >= 11 is 0. The molecule has 1 amide bonds. The topological polar surface area (TPSA) is 79.4 Å². The molecule has 0 atom stereocenters. The maximum atomic E-state index is 12.7. The second-order valence-corrected chi connectivity index (χ2v) is 5.59. The van der Waals surface area contributed by atoms with Gasteiger partial charge in [-0.05, 0) is 35.9 Å². The number of amides is 1. The van der Waals surface area contributed by atoms with Crippen LogP contribution in [0.1, 0.15) is 16.9 Å². The van der Waals surface area contributed by atoms with Crippen molar-refractivity contribution in [3.05, 3.63) is 84.1 Å². The Kier molecular flexibility index (Phi) is 5.63. The molecule has 130 valence electrons. The molecule has 2 heterocycles. The van der Waals surface area contributed by atoms with Gasteiger partial charge in [0, 0.05) is 18.9 Å². The molecule has 0 N–H and O–H groups in total. The van der Waals surface area contributed by atoms with Gasteiger partial charge in [-0.1, -0.05) is 18.2 Å². The van der Waals surface area contributed by atoms with Gasteiger partial charge >= 0.3 is 0 Å². The van der Waals surface area contributed by atoms with Crippen molar-refractivity contribution in [3.63, 3.8) is 0 Å². The number of ether oxygens (including phenoxy) is 1. The Balaban J connectivity index is 1.70. The van der Waals surface area contributed by atoms with Crippen molar-refractivity contribution in [2.75, 3.05) is 6.61 Å². The molecule has 0 fully saturated rings. The van der Waals surface area contributed by atoms with E-state index in [1.165, 1.54) is 0 Å². The van der Waals surface area contributed by atoms with Crippen LogP contribution in [0.4, 0.5) is 0 Å². The molecular formula is C20H17N3O3. The minimum Gasteiger partial charge on any atom is -0.482 e. The molecule has 0 spiro atoms. The van der Waals surface area contributed by atoms with E-state index in [2.05, 4.69) is 11.1 Å². The summed E-state index contributed by atoms with van der Waals surface area (Å²) in [4.78, 5) is 18.4. The van der Waals surface area contributed by atoms with E-state index < -0.39 is 0 Å². The number of hydrogen-bond donors (Lipinski definition) is 0. The number of furan rings is 1. The van der Waals surface area contributed by atoms with E-state index in [1.54, 1.807) is 53.9 Å². The van der Waals surface area contributed by atoms with Crippen molar-refractivity contribution in [2.45, 2.75) is 13.1 Å². The zero-order valence-corrected chi connectivity index (χ0v) is 14.0. The van der Waals surface area contributed by atoms with Gasteiger partial charge in [-0.15, -0.1) is 0 Å². The van der Waals surface area contributed by atoms with Crippen LogP contribution in [0.15, 0.2) is 71.6 Å². The molecule has 6 heteroatoms. The highest BCUT2D eigenvalue weighted by Gasteiger charge is 2.17. The molecule has 0 saturated carbocycles. The minimum atomic E-state index is -0.210. The third kappa shape index (κ3) is 4.48. The Bertz CT molecular complexity index is 886. The number of carbonyl (C=O) groups is 1. The van der Waals surface area contributed by atoms with Crippen LogP contribution in [0.5, 0.6) is 5.75 Å². The summed E-state index contributed by atoms with van der Waals surface area (Å²) < 4.78 is 10.9. The number of nitriles is 1. The van der Waals surface area contributed by atoms with E-state index in [1.807, 2.05) is 18.2 Å². The largest absolute Gasteiger partial charge is 0.482 e. The zero-order valence-electron chi connectivity index (χ0n) is 14.0. The molecule has 0 bridgehead atoms.